The van der Waals surface area contributed by atoms with Crippen LogP contribution in [0.5, 0.6) is 0 Å². The van der Waals surface area contributed by atoms with Crippen molar-refractivity contribution in [2.24, 2.45) is 5.73 Å². The van der Waals surface area contributed by atoms with Gasteiger partial charge in [0.2, 0.25) is 5.91 Å². The monoisotopic (exact) mass is 343 g/mol. The molecule has 0 aliphatic rings. The number of benzene rings is 1. The fourth-order valence-electron chi connectivity index (χ4n) is 2.31. The van der Waals surface area contributed by atoms with E-state index in [0.717, 1.165) is 5.56 Å². The lowest BCUT2D eigenvalue weighted by atomic mass is 10.1. The molecule has 0 radical (unpaired) electrons. The van der Waals surface area contributed by atoms with E-state index >= 15 is 0 Å². The summed E-state index contributed by atoms with van der Waals surface area (Å²) < 4.78 is 5.36. The molecular weight excluding hydrogens is 322 g/mol. The van der Waals surface area contributed by atoms with Crippen LogP contribution in [-0.4, -0.2) is 42.8 Å². The van der Waals surface area contributed by atoms with Gasteiger partial charge in [-0.05, 0) is 31.2 Å². The fraction of sp³-hybridized carbons (Fsp3) is 0.278. The smallest absolute Gasteiger partial charge is 0.284 e. The molecule has 0 bridgehead atoms. The summed E-state index contributed by atoms with van der Waals surface area (Å²) in [6.07, 6.45) is 0.235. The third-order valence-electron chi connectivity index (χ3n) is 4.01. The molecule has 1 atom stereocenters. The molecule has 25 heavy (non-hydrogen) atoms. The Balaban J connectivity index is 2.11. The average molecular weight is 343 g/mol. The summed E-state index contributed by atoms with van der Waals surface area (Å²) in [4.78, 5) is 36.6. The second kappa shape index (κ2) is 7.65. The van der Waals surface area contributed by atoms with E-state index in [1.165, 1.54) is 11.0 Å². The van der Waals surface area contributed by atoms with E-state index in [2.05, 4.69) is 5.32 Å². The first-order valence-electron chi connectivity index (χ1n) is 7.81. The summed E-state index contributed by atoms with van der Waals surface area (Å²) in [7, 11) is 3.23. The number of nitrogens with zero attached hydrogens (tertiary/aromatic N) is 1. The molecule has 0 spiro atoms. The Labute approximate surface area is 145 Å². The van der Waals surface area contributed by atoms with Crippen LogP contribution in [0.25, 0.3) is 11.3 Å². The van der Waals surface area contributed by atoms with Gasteiger partial charge in [-0.1, -0.05) is 12.1 Å². The minimum atomic E-state index is -0.634. The van der Waals surface area contributed by atoms with E-state index < -0.39 is 5.91 Å². The second-order valence-corrected chi connectivity index (χ2v) is 5.75. The highest BCUT2D eigenvalue weighted by molar-refractivity contribution is 5.95. The predicted molar refractivity (Wildman–Crippen MR) is 92.9 cm³/mol. The largest absolute Gasteiger partial charge is 0.451 e. The lowest BCUT2D eigenvalue weighted by molar-refractivity contribution is -0.121. The quantitative estimate of drug-likeness (QED) is 0.831. The van der Waals surface area contributed by atoms with Crippen LogP contribution in [-0.2, 0) is 4.79 Å². The molecule has 1 aromatic carbocycles. The molecular formula is C18H21N3O4. The van der Waals surface area contributed by atoms with Gasteiger partial charge in [0.25, 0.3) is 11.8 Å². The van der Waals surface area contributed by atoms with Crippen molar-refractivity contribution in [3.05, 3.63) is 47.7 Å². The predicted octanol–water partition coefficient (Wildman–Crippen LogP) is 1.64. The van der Waals surface area contributed by atoms with E-state index in [1.807, 2.05) is 6.92 Å². The Morgan fingerprint density at radius 3 is 2.32 bits per heavy atom. The zero-order chi connectivity index (χ0) is 18.6. The molecule has 3 N–H and O–H groups in total. The number of primary amides is 1. The topological polar surface area (TPSA) is 106 Å². The van der Waals surface area contributed by atoms with Crippen molar-refractivity contribution in [3.63, 3.8) is 0 Å². The number of nitrogens with two attached hydrogens (primary N) is 1. The van der Waals surface area contributed by atoms with Crippen molar-refractivity contribution in [2.45, 2.75) is 19.4 Å². The second-order valence-electron chi connectivity index (χ2n) is 5.75. The van der Waals surface area contributed by atoms with Crippen molar-refractivity contribution < 1.29 is 18.8 Å². The Kier molecular flexibility index (Phi) is 5.59. The van der Waals surface area contributed by atoms with E-state index in [1.54, 1.807) is 44.4 Å². The Hall–Kier alpha value is -3.09. The molecule has 7 heteroatoms. The summed E-state index contributed by atoms with van der Waals surface area (Å²) in [5.41, 5.74) is 6.39. The van der Waals surface area contributed by atoms with Crippen LogP contribution in [0.15, 0.2) is 40.8 Å². The van der Waals surface area contributed by atoms with Crippen LogP contribution in [0, 0.1) is 0 Å². The van der Waals surface area contributed by atoms with Crippen molar-refractivity contribution in [1.29, 1.82) is 0 Å². The van der Waals surface area contributed by atoms with E-state index in [4.69, 9.17) is 10.2 Å². The summed E-state index contributed by atoms with van der Waals surface area (Å²) in [5.74, 6) is -0.359. The third-order valence-corrected chi connectivity index (χ3v) is 4.01. The zero-order valence-corrected chi connectivity index (χ0v) is 14.4. The Morgan fingerprint density at radius 2 is 1.80 bits per heavy atom. The molecule has 132 valence electrons. The Bertz CT molecular complexity index is 780. The SMILES string of the molecule is CNC(=O)C[C@@H](C)N(C)C(=O)c1ccc(-c2ccc(C(N)=O)o2)cc1. The summed E-state index contributed by atoms with van der Waals surface area (Å²) in [5, 5.41) is 2.54. The lowest BCUT2D eigenvalue weighted by Gasteiger charge is -2.24. The third kappa shape index (κ3) is 4.26. The molecule has 3 amide bonds. The van der Waals surface area contributed by atoms with Gasteiger partial charge in [0.1, 0.15) is 5.76 Å². The van der Waals surface area contributed by atoms with E-state index in [9.17, 15) is 14.4 Å². The maximum Gasteiger partial charge on any atom is 0.284 e. The van der Waals surface area contributed by atoms with Gasteiger partial charge in [-0.15, -0.1) is 0 Å². The molecule has 0 saturated carbocycles. The molecule has 0 fully saturated rings. The fourth-order valence-corrected chi connectivity index (χ4v) is 2.31. The number of rotatable bonds is 6. The maximum absolute atomic E-state index is 12.5. The van der Waals surface area contributed by atoms with Gasteiger partial charge in [0.15, 0.2) is 5.76 Å². The summed E-state index contributed by atoms with van der Waals surface area (Å²) in [6.45, 7) is 1.82. The minimum Gasteiger partial charge on any atom is -0.451 e. The number of hydrogen-bond donors (Lipinski definition) is 2. The van der Waals surface area contributed by atoms with Crippen LogP contribution in [0.1, 0.15) is 34.3 Å². The molecule has 0 unspecified atom stereocenters. The van der Waals surface area contributed by atoms with Gasteiger partial charge >= 0.3 is 0 Å². The van der Waals surface area contributed by atoms with Crippen LogP contribution in [0.4, 0.5) is 0 Å². The number of nitrogens with one attached hydrogen (secondary N) is 1. The molecule has 0 saturated heterocycles. The zero-order valence-electron chi connectivity index (χ0n) is 14.4. The maximum atomic E-state index is 12.5. The number of carbonyl (C=O) groups is 3. The summed E-state index contributed by atoms with van der Waals surface area (Å²) in [6, 6.07) is 9.73. The minimum absolute atomic E-state index is 0.0814. The molecule has 0 aliphatic heterocycles. The van der Waals surface area contributed by atoms with Gasteiger partial charge in [-0.2, -0.15) is 0 Å². The van der Waals surface area contributed by atoms with Gasteiger partial charge in [0.05, 0.1) is 0 Å². The average Bonchev–Trinajstić information content (AvgIpc) is 3.10. The number of carbonyl (C=O) groups excluding carboxylic acids is 3. The summed E-state index contributed by atoms with van der Waals surface area (Å²) >= 11 is 0. The number of hydrogen-bond acceptors (Lipinski definition) is 4. The Morgan fingerprint density at radius 1 is 1.16 bits per heavy atom. The lowest BCUT2D eigenvalue weighted by Crippen LogP contribution is -2.38. The highest BCUT2D eigenvalue weighted by Gasteiger charge is 2.19. The highest BCUT2D eigenvalue weighted by Crippen LogP contribution is 2.23. The van der Waals surface area contributed by atoms with E-state index in [-0.39, 0.29) is 30.0 Å². The van der Waals surface area contributed by atoms with Crippen molar-refractivity contribution in [1.82, 2.24) is 10.2 Å². The van der Waals surface area contributed by atoms with Crippen LogP contribution >= 0.6 is 0 Å². The standard InChI is InChI=1S/C18H21N3O4/c1-11(10-16(22)20-2)21(3)18(24)13-6-4-12(5-7-13)14-8-9-15(25-14)17(19)23/h4-9,11H,10H2,1-3H3,(H2,19,23)(H,20,22)/t11-/m1/s1. The van der Waals surface area contributed by atoms with Crippen molar-refractivity contribution in [2.75, 3.05) is 14.1 Å². The van der Waals surface area contributed by atoms with Gasteiger partial charge in [-0.3, -0.25) is 14.4 Å². The van der Waals surface area contributed by atoms with Gasteiger partial charge in [0, 0.05) is 37.7 Å². The highest BCUT2D eigenvalue weighted by atomic mass is 16.3. The van der Waals surface area contributed by atoms with Crippen molar-refractivity contribution >= 4 is 17.7 Å². The first-order valence-corrected chi connectivity index (χ1v) is 7.81. The number of amides is 3. The van der Waals surface area contributed by atoms with Crippen molar-refractivity contribution in [3.8, 4) is 11.3 Å². The number of furan rings is 1. The molecule has 1 heterocycles. The molecule has 0 aliphatic carbocycles. The molecule has 2 aromatic rings. The molecule has 1 aromatic heterocycles. The molecule has 2 rings (SSSR count). The van der Waals surface area contributed by atoms with Crippen LogP contribution < -0.4 is 11.1 Å². The first-order chi connectivity index (χ1) is 11.8. The van der Waals surface area contributed by atoms with Gasteiger partial charge in [-0.25, -0.2) is 0 Å². The van der Waals surface area contributed by atoms with Crippen LogP contribution in [0.3, 0.4) is 0 Å². The van der Waals surface area contributed by atoms with Gasteiger partial charge < -0.3 is 20.4 Å². The van der Waals surface area contributed by atoms with E-state index in [0.29, 0.717) is 11.3 Å². The normalized spacial score (nSPS) is 11.6. The first kappa shape index (κ1) is 18.3. The molecule has 7 nitrogen and oxygen atoms in total. The van der Waals surface area contributed by atoms with Crippen LogP contribution in [0.2, 0.25) is 0 Å².